The number of nitrogens with two attached hydrogens (primary N) is 1. The van der Waals surface area contributed by atoms with Crippen molar-refractivity contribution in [3.63, 3.8) is 0 Å². The van der Waals surface area contributed by atoms with E-state index in [2.05, 4.69) is 47.6 Å². The molecule has 3 nitrogen and oxygen atoms in total. The van der Waals surface area contributed by atoms with Crippen LogP contribution in [0, 0.1) is 10.4 Å². The number of hydrogen-bond donors (Lipinski definition) is 2. The summed E-state index contributed by atoms with van der Waals surface area (Å²) in [5, 5.41) is 8.53. The fraction of sp³-hybridized carbons (Fsp3) is 0.179. The molecule has 0 spiro atoms. The highest BCUT2D eigenvalue weighted by molar-refractivity contribution is 5.88. The number of hydrogen-bond acceptors (Lipinski definition) is 3. The van der Waals surface area contributed by atoms with E-state index in [9.17, 15) is 0 Å². The van der Waals surface area contributed by atoms with E-state index >= 15 is 0 Å². The monoisotopic (exact) mass is 441 g/mol. The molecule has 0 saturated heterocycles. The zero-order valence-electron chi connectivity index (χ0n) is 18.3. The summed E-state index contributed by atoms with van der Waals surface area (Å²) in [6.45, 7) is 2.28. The molecule has 0 aromatic heterocycles. The Balaban J connectivity index is 0.000000174. The number of para-hydroxylation sites is 1. The maximum Gasteiger partial charge on any atom is 0.0469 e. The Morgan fingerprint density at radius 1 is 0.875 bits per heavy atom. The predicted octanol–water partition coefficient (Wildman–Crippen LogP) is 4.82. The normalized spacial score (nSPS) is 14.6. The Kier molecular flexibility index (Phi) is 6.48. The van der Waals surface area contributed by atoms with Crippen LogP contribution in [0.25, 0.3) is 11.6 Å². The van der Waals surface area contributed by atoms with E-state index < -0.39 is 0 Å². The van der Waals surface area contributed by atoms with Crippen molar-refractivity contribution in [2.24, 2.45) is 4.99 Å². The van der Waals surface area contributed by atoms with E-state index in [0.717, 1.165) is 23.4 Å². The van der Waals surface area contributed by atoms with Crippen molar-refractivity contribution in [1.82, 2.24) is 0 Å². The SMILES string of the molecule is C1=CNc2ccccc2C=N1.CC1=c2ccc3c(c2CCC1)CC=c1c(N)cccc1=3.Cl. The fourth-order valence-electron chi connectivity index (χ4n) is 4.81. The first-order chi connectivity index (χ1) is 15.2. The average Bonchev–Trinajstić information content (AvgIpc) is 3.05. The molecule has 4 heteroatoms. The van der Waals surface area contributed by atoms with E-state index in [-0.39, 0.29) is 12.4 Å². The minimum atomic E-state index is 0. The maximum atomic E-state index is 6.12. The van der Waals surface area contributed by atoms with Crippen LogP contribution in [0.5, 0.6) is 0 Å². The summed E-state index contributed by atoms with van der Waals surface area (Å²) < 4.78 is 0. The van der Waals surface area contributed by atoms with Crippen LogP contribution < -0.4 is 21.5 Å². The van der Waals surface area contributed by atoms with Gasteiger partial charge in [-0.2, -0.15) is 0 Å². The van der Waals surface area contributed by atoms with Crippen molar-refractivity contribution < 1.29 is 0 Å². The van der Waals surface area contributed by atoms with Crippen molar-refractivity contribution in [1.29, 1.82) is 0 Å². The lowest BCUT2D eigenvalue weighted by Crippen LogP contribution is -2.22. The molecule has 6 rings (SSSR count). The number of rotatable bonds is 0. The number of anilines is 2. The van der Waals surface area contributed by atoms with Gasteiger partial charge in [-0.1, -0.05) is 54.1 Å². The third-order valence-corrected chi connectivity index (χ3v) is 6.38. The van der Waals surface area contributed by atoms with Gasteiger partial charge in [0.1, 0.15) is 0 Å². The zero-order chi connectivity index (χ0) is 21.2. The topological polar surface area (TPSA) is 50.4 Å². The smallest absolute Gasteiger partial charge is 0.0469 e. The van der Waals surface area contributed by atoms with Crippen LogP contribution in [-0.2, 0) is 12.8 Å². The second-order valence-corrected chi connectivity index (χ2v) is 8.29. The minimum absolute atomic E-state index is 0. The van der Waals surface area contributed by atoms with Gasteiger partial charge < -0.3 is 11.1 Å². The molecule has 0 saturated carbocycles. The highest BCUT2D eigenvalue weighted by atomic mass is 35.5. The summed E-state index contributed by atoms with van der Waals surface area (Å²) in [5.74, 6) is 0. The van der Waals surface area contributed by atoms with Crippen molar-refractivity contribution in [3.8, 4) is 0 Å². The molecule has 2 aliphatic carbocycles. The summed E-state index contributed by atoms with van der Waals surface area (Å²) in [5.41, 5.74) is 13.9. The lowest BCUT2D eigenvalue weighted by Gasteiger charge is -2.19. The molecule has 0 unspecified atom stereocenters. The summed E-state index contributed by atoms with van der Waals surface area (Å²) in [6.07, 6.45) is 12.5. The molecular weight excluding hydrogens is 414 g/mol. The number of aliphatic imine (C=N–C) groups is 1. The number of nitrogen functional groups attached to an aromatic ring is 1. The van der Waals surface area contributed by atoms with Gasteiger partial charge in [0.25, 0.3) is 0 Å². The maximum absolute atomic E-state index is 6.12. The van der Waals surface area contributed by atoms with Gasteiger partial charge in [-0.05, 0) is 71.5 Å². The molecule has 0 radical (unpaired) electrons. The van der Waals surface area contributed by atoms with Crippen molar-refractivity contribution in [2.45, 2.75) is 32.6 Å². The number of nitrogens with one attached hydrogen (secondary N) is 1. The van der Waals surface area contributed by atoms with Gasteiger partial charge >= 0.3 is 0 Å². The Bertz CT molecular complexity index is 1430. The van der Waals surface area contributed by atoms with Gasteiger partial charge in [0, 0.05) is 40.8 Å². The molecule has 1 aliphatic heterocycles. The van der Waals surface area contributed by atoms with E-state index in [1.807, 2.05) is 42.7 Å². The van der Waals surface area contributed by atoms with E-state index in [1.54, 1.807) is 17.3 Å². The van der Waals surface area contributed by atoms with Crippen LogP contribution >= 0.6 is 12.4 Å². The van der Waals surface area contributed by atoms with Gasteiger partial charge in [-0.3, -0.25) is 4.99 Å². The molecule has 0 amide bonds. The summed E-state index contributed by atoms with van der Waals surface area (Å²) >= 11 is 0. The highest BCUT2D eigenvalue weighted by Gasteiger charge is 2.14. The Labute approximate surface area is 194 Å². The average molecular weight is 442 g/mol. The zero-order valence-corrected chi connectivity index (χ0v) is 19.1. The molecular formula is C28H28ClN3. The van der Waals surface area contributed by atoms with Crippen LogP contribution in [0.15, 0.2) is 72.0 Å². The Morgan fingerprint density at radius 2 is 1.72 bits per heavy atom. The van der Waals surface area contributed by atoms with Gasteiger partial charge in [0.2, 0.25) is 0 Å². The van der Waals surface area contributed by atoms with Crippen molar-refractivity contribution in [2.75, 3.05) is 11.1 Å². The van der Waals surface area contributed by atoms with Crippen LogP contribution in [-0.4, -0.2) is 6.21 Å². The molecule has 162 valence electrons. The third-order valence-electron chi connectivity index (χ3n) is 6.38. The molecule has 3 N–H and O–H groups in total. The molecule has 3 aliphatic rings. The van der Waals surface area contributed by atoms with Crippen LogP contribution in [0.3, 0.4) is 0 Å². The first-order valence-electron chi connectivity index (χ1n) is 11.0. The highest BCUT2D eigenvalue weighted by Crippen LogP contribution is 2.21. The standard InChI is InChI=1S/C19H19N.C9H8N2.ClH/c1-12-4-2-5-14-13(12)8-9-17-15-6-3-7-19(20)18(15)11-10-16(14)17;1-2-4-9-8(3-1)7-10-5-6-11-9;/h3,6-9,11H,2,4-5,10,20H2,1H3;1-7,11H;1H. The molecule has 0 atom stereocenters. The minimum Gasteiger partial charge on any atom is -0.398 e. The quantitative estimate of drug-likeness (QED) is 0.491. The van der Waals surface area contributed by atoms with Crippen LogP contribution in [0.2, 0.25) is 0 Å². The number of halogens is 1. The Hall–Kier alpha value is -3.30. The number of benzene rings is 3. The molecule has 3 aromatic carbocycles. The van der Waals surface area contributed by atoms with E-state index in [4.69, 9.17) is 5.73 Å². The first-order valence-corrected chi connectivity index (χ1v) is 11.0. The van der Waals surface area contributed by atoms with Gasteiger partial charge in [0.15, 0.2) is 0 Å². The van der Waals surface area contributed by atoms with Crippen molar-refractivity contribution >= 4 is 41.6 Å². The van der Waals surface area contributed by atoms with E-state index in [0.29, 0.717) is 0 Å². The first kappa shape index (κ1) is 21.9. The largest absolute Gasteiger partial charge is 0.398 e. The second kappa shape index (κ2) is 9.46. The van der Waals surface area contributed by atoms with Crippen molar-refractivity contribution in [3.05, 3.63) is 105 Å². The molecule has 1 heterocycles. The lowest BCUT2D eigenvalue weighted by molar-refractivity contribution is 0.805. The number of nitrogens with zero attached hydrogens (tertiary/aromatic N) is 1. The molecule has 3 aromatic rings. The second-order valence-electron chi connectivity index (χ2n) is 8.29. The van der Waals surface area contributed by atoms with Gasteiger partial charge in [0.05, 0.1) is 0 Å². The summed E-state index contributed by atoms with van der Waals surface area (Å²) in [6, 6.07) is 18.9. The summed E-state index contributed by atoms with van der Waals surface area (Å²) in [4.78, 5) is 4.04. The Morgan fingerprint density at radius 3 is 2.62 bits per heavy atom. The van der Waals surface area contributed by atoms with Crippen LogP contribution in [0.4, 0.5) is 11.4 Å². The predicted molar refractivity (Wildman–Crippen MR) is 138 cm³/mol. The summed E-state index contributed by atoms with van der Waals surface area (Å²) in [7, 11) is 0. The number of fused-ring (bicyclic) bond motifs is 5. The lowest BCUT2D eigenvalue weighted by atomic mass is 9.86. The molecule has 0 fully saturated rings. The van der Waals surface area contributed by atoms with Crippen LogP contribution in [0.1, 0.15) is 36.5 Å². The third kappa shape index (κ3) is 4.09. The molecule has 32 heavy (non-hydrogen) atoms. The van der Waals surface area contributed by atoms with Gasteiger partial charge in [-0.15, -0.1) is 12.4 Å². The van der Waals surface area contributed by atoms with E-state index in [1.165, 1.54) is 45.7 Å². The molecule has 0 bridgehead atoms. The van der Waals surface area contributed by atoms with Gasteiger partial charge in [-0.25, -0.2) is 0 Å². The fourth-order valence-corrected chi connectivity index (χ4v) is 4.81.